The van der Waals surface area contributed by atoms with Gasteiger partial charge in [0.1, 0.15) is 5.52 Å². The summed E-state index contributed by atoms with van der Waals surface area (Å²) in [6.45, 7) is 0. The molecule has 0 aliphatic rings. The molecule has 1 heterocycles. The summed E-state index contributed by atoms with van der Waals surface area (Å²) in [5.41, 5.74) is 3.70. The van der Waals surface area contributed by atoms with E-state index < -0.39 is 0 Å². The molecule has 0 radical (unpaired) electrons. The van der Waals surface area contributed by atoms with Crippen LogP contribution in [0.4, 0.5) is 0 Å². The molecule has 0 saturated heterocycles. The van der Waals surface area contributed by atoms with Crippen molar-refractivity contribution in [2.75, 3.05) is 0 Å². The highest BCUT2D eigenvalue weighted by Gasteiger charge is 2.07. The van der Waals surface area contributed by atoms with Gasteiger partial charge in [-0.15, -0.1) is 0 Å². The van der Waals surface area contributed by atoms with Gasteiger partial charge in [-0.1, -0.05) is 35.9 Å². The van der Waals surface area contributed by atoms with E-state index in [1.165, 1.54) is 6.39 Å². The number of hydrogen-bond donors (Lipinski definition) is 0. The summed E-state index contributed by atoms with van der Waals surface area (Å²) in [6.07, 6.45) is 1.46. The third-order valence-corrected chi connectivity index (χ3v) is 2.73. The third kappa shape index (κ3) is 1.48. The van der Waals surface area contributed by atoms with E-state index in [1.54, 1.807) is 0 Å². The zero-order valence-corrected chi connectivity index (χ0v) is 9.11. The van der Waals surface area contributed by atoms with Gasteiger partial charge in [0, 0.05) is 10.6 Å². The molecular formula is C13H8ClNO. The molecule has 0 spiro atoms. The van der Waals surface area contributed by atoms with Crippen LogP contribution in [0.3, 0.4) is 0 Å². The summed E-state index contributed by atoms with van der Waals surface area (Å²) in [7, 11) is 0. The second-order valence-corrected chi connectivity index (χ2v) is 3.95. The van der Waals surface area contributed by atoms with Crippen molar-refractivity contribution >= 4 is 22.7 Å². The van der Waals surface area contributed by atoms with Crippen LogP contribution in [-0.4, -0.2) is 4.98 Å². The van der Waals surface area contributed by atoms with Crippen LogP contribution in [0.2, 0.25) is 5.02 Å². The van der Waals surface area contributed by atoms with Gasteiger partial charge in [0.25, 0.3) is 0 Å². The number of nitrogens with zero attached hydrogens (tertiary/aromatic N) is 1. The standard InChI is InChI=1S/C13H8ClNO/c14-10-4-1-3-9(7-10)11-5-2-6-12-13(11)16-8-15-12/h1-8H. The molecule has 78 valence electrons. The van der Waals surface area contributed by atoms with Crippen molar-refractivity contribution in [3.63, 3.8) is 0 Å². The van der Waals surface area contributed by atoms with E-state index in [1.807, 2.05) is 42.5 Å². The van der Waals surface area contributed by atoms with Crippen LogP contribution >= 0.6 is 11.6 Å². The van der Waals surface area contributed by atoms with Crippen molar-refractivity contribution in [1.29, 1.82) is 0 Å². The van der Waals surface area contributed by atoms with E-state index in [9.17, 15) is 0 Å². The second kappa shape index (κ2) is 3.65. The first-order valence-electron chi connectivity index (χ1n) is 4.93. The number of fused-ring (bicyclic) bond motifs is 1. The fourth-order valence-electron chi connectivity index (χ4n) is 1.77. The van der Waals surface area contributed by atoms with Crippen LogP contribution in [0.1, 0.15) is 0 Å². The van der Waals surface area contributed by atoms with Gasteiger partial charge in [0.05, 0.1) is 0 Å². The minimum absolute atomic E-state index is 0.717. The van der Waals surface area contributed by atoms with Crippen molar-refractivity contribution in [3.8, 4) is 11.1 Å². The van der Waals surface area contributed by atoms with E-state index in [0.29, 0.717) is 5.02 Å². The average molecular weight is 230 g/mol. The van der Waals surface area contributed by atoms with E-state index in [2.05, 4.69) is 4.98 Å². The summed E-state index contributed by atoms with van der Waals surface area (Å²) in [5.74, 6) is 0. The van der Waals surface area contributed by atoms with Crippen LogP contribution in [0.25, 0.3) is 22.2 Å². The Morgan fingerprint density at radius 3 is 2.81 bits per heavy atom. The zero-order valence-electron chi connectivity index (χ0n) is 8.35. The molecule has 2 aromatic carbocycles. The Morgan fingerprint density at radius 1 is 1.06 bits per heavy atom. The Morgan fingerprint density at radius 2 is 1.94 bits per heavy atom. The number of rotatable bonds is 1. The molecule has 0 bridgehead atoms. The van der Waals surface area contributed by atoms with Gasteiger partial charge in [-0.3, -0.25) is 0 Å². The molecule has 0 amide bonds. The molecule has 2 nitrogen and oxygen atoms in total. The average Bonchev–Trinajstić information content (AvgIpc) is 2.76. The first-order chi connectivity index (χ1) is 7.84. The Labute approximate surface area is 97.5 Å². The van der Waals surface area contributed by atoms with Gasteiger partial charge in [0.2, 0.25) is 0 Å². The van der Waals surface area contributed by atoms with E-state index in [4.69, 9.17) is 16.0 Å². The van der Waals surface area contributed by atoms with Crippen molar-refractivity contribution < 1.29 is 4.42 Å². The highest BCUT2D eigenvalue weighted by molar-refractivity contribution is 6.30. The molecule has 0 atom stereocenters. The molecule has 3 aromatic rings. The second-order valence-electron chi connectivity index (χ2n) is 3.52. The van der Waals surface area contributed by atoms with Gasteiger partial charge in [-0.05, 0) is 23.8 Å². The van der Waals surface area contributed by atoms with E-state index in [-0.39, 0.29) is 0 Å². The van der Waals surface area contributed by atoms with Crippen molar-refractivity contribution in [1.82, 2.24) is 4.98 Å². The van der Waals surface area contributed by atoms with Gasteiger partial charge in [-0.25, -0.2) is 4.98 Å². The highest BCUT2D eigenvalue weighted by atomic mass is 35.5. The number of aromatic nitrogens is 1. The van der Waals surface area contributed by atoms with Crippen molar-refractivity contribution in [3.05, 3.63) is 53.9 Å². The lowest BCUT2D eigenvalue weighted by molar-refractivity contribution is 0.603. The largest absolute Gasteiger partial charge is 0.443 e. The molecule has 0 aliphatic heterocycles. The summed E-state index contributed by atoms with van der Waals surface area (Å²) < 4.78 is 5.39. The molecule has 0 fully saturated rings. The lowest BCUT2D eigenvalue weighted by Gasteiger charge is -2.02. The van der Waals surface area contributed by atoms with Gasteiger partial charge in [0.15, 0.2) is 12.0 Å². The maximum absolute atomic E-state index is 5.97. The minimum atomic E-state index is 0.717. The smallest absolute Gasteiger partial charge is 0.182 e. The molecule has 0 unspecified atom stereocenters. The maximum Gasteiger partial charge on any atom is 0.182 e. The lowest BCUT2D eigenvalue weighted by atomic mass is 10.1. The van der Waals surface area contributed by atoms with Crippen molar-refractivity contribution in [2.45, 2.75) is 0 Å². The quantitative estimate of drug-likeness (QED) is 0.627. The van der Waals surface area contributed by atoms with Crippen LogP contribution in [0, 0.1) is 0 Å². The predicted molar refractivity (Wildman–Crippen MR) is 64.5 cm³/mol. The lowest BCUT2D eigenvalue weighted by Crippen LogP contribution is -1.78. The number of para-hydroxylation sites is 1. The van der Waals surface area contributed by atoms with Gasteiger partial charge in [-0.2, -0.15) is 0 Å². The molecule has 0 N–H and O–H groups in total. The summed E-state index contributed by atoms with van der Waals surface area (Å²) in [5, 5.41) is 0.717. The molecule has 3 heteroatoms. The first-order valence-corrected chi connectivity index (χ1v) is 5.30. The summed E-state index contributed by atoms with van der Waals surface area (Å²) in [4.78, 5) is 4.13. The fraction of sp³-hybridized carbons (Fsp3) is 0. The van der Waals surface area contributed by atoms with Gasteiger partial charge < -0.3 is 4.42 Å². The molecule has 16 heavy (non-hydrogen) atoms. The summed E-state index contributed by atoms with van der Waals surface area (Å²) in [6, 6.07) is 13.6. The Bertz CT molecular complexity index is 645. The molecule has 0 saturated carbocycles. The van der Waals surface area contributed by atoms with Crippen LogP contribution in [0.5, 0.6) is 0 Å². The van der Waals surface area contributed by atoms with Crippen molar-refractivity contribution in [2.24, 2.45) is 0 Å². The SMILES string of the molecule is Clc1cccc(-c2cccc3ncoc23)c1. The van der Waals surface area contributed by atoms with Gasteiger partial charge >= 0.3 is 0 Å². The molecular weight excluding hydrogens is 222 g/mol. The monoisotopic (exact) mass is 229 g/mol. The molecule has 1 aromatic heterocycles. The fourth-order valence-corrected chi connectivity index (χ4v) is 1.96. The van der Waals surface area contributed by atoms with Crippen LogP contribution in [-0.2, 0) is 0 Å². The topological polar surface area (TPSA) is 26.0 Å². The molecule has 0 aliphatic carbocycles. The zero-order chi connectivity index (χ0) is 11.0. The van der Waals surface area contributed by atoms with E-state index in [0.717, 1.165) is 22.2 Å². The highest BCUT2D eigenvalue weighted by Crippen LogP contribution is 2.29. The van der Waals surface area contributed by atoms with Crippen LogP contribution in [0.15, 0.2) is 53.3 Å². The first kappa shape index (κ1) is 9.43. The van der Waals surface area contributed by atoms with Crippen LogP contribution < -0.4 is 0 Å². The Kier molecular flexibility index (Phi) is 2.15. The molecule has 3 rings (SSSR count). The number of hydrogen-bond acceptors (Lipinski definition) is 2. The summed E-state index contributed by atoms with van der Waals surface area (Å²) >= 11 is 5.97. The van der Waals surface area contributed by atoms with E-state index >= 15 is 0 Å². The Hall–Kier alpha value is -1.80. The third-order valence-electron chi connectivity index (χ3n) is 2.49. The Balaban J connectivity index is 2.29. The normalized spacial score (nSPS) is 10.8. The number of oxazole rings is 1. The number of halogens is 1. The predicted octanol–water partition coefficient (Wildman–Crippen LogP) is 4.15. The maximum atomic E-state index is 5.97. The number of benzene rings is 2. The minimum Gasteiger partial charge on any atom is -0.443 e.